The second-order valence-corrected chi connectivity index (χ2v) is 9.90. The number of aryl methyl sites for hydroxylation is 1. The largest absolute Gasteiger partial charge is 0.481 e. The van der Waals surface area contributed by atoms with Gasteiger partial charge in [0.2, 0.25) is 0 Å². The van der Waals surface area contributed by atoms with E-state index in [0.717, 1.165) is 37.1 Å². The van der Waals surface area contributed by atoms with E-state index in [1.807, 2.05) is 12.2 Å². The molecule has 1 aromatic heterocycles. The van der Waals surface area contributed by atoms with Crippen molar-refractivity contribution in [1.82, 2.24) is 4.57 Å². The Hall–Kier alpha value is -2.35. The minimum absolute atomic E-state index is 0.258. The number of carboxylic acid groups (broad SMARTS) is 1. The van der Waals surface area contributed by atoms with Crippen LogP contribution in [0.3, 0.4) is 0 Å². The number of hydrogen-bond acceptors (Lipinski definition) is 4. The number of aromatic nitrogens is 1. The Morgan fingerprint density at radius 2 is 2.00 bits per heavy atom. The molecule has 0 spiro atoms. The minimum atomic E-state index is -3.36. The summed E-state index contributed by atoms with van der Waals surface area (Å²) in [5, 5.41) is 19.3. The molecule has 6 nitrogen and oxygen atoms in total. The Bertz CT molecular complexity index is 1150. The number of aliphatic hydroxyl groups excluding tert-OH is 1. The van der Waals surface area contributed by atoms with Crippen molar-refractivity contribution in [2.24, 2.45) is 0 Å². The average Bonchev–Trinajstić information content (AvgIpc) is 3.24. The molecule has 0 bridgehead atoms. The summed E-state index contributed by atoms with van der Waals surface area (Å²) in [4.78, 5) is 9.26. The van der Waals surface area contributed by atoms with Crippen LogP contribution in [0.4, 0.5) is 0 Å². The summed E-state index contributed by atoms with van der Waals surface area (Å²) >= 11 is 5.94. The van der Waals surface area contributed by atoms with Crippen molar-refractivity contribution in [3.05, 3.63) is 64.9 Å². The lowest BCUT2D eigenvalue weighted by Gasteiger charge is -2.14. The third-order valence-corrected chi connectivity index (χ3v) is 6.35. The number of carbonyl (C=O) groups is 1. The van der Waals surface area contributed by atoms with Gasteiger partial charge in [-0.25, -0.2) is 8.42 Å². The molecule has 2 N–H and O–H groups in total. The second-order valence-electron chi connectivity index (χ2n) is 7.45. The molecular formula is C23H28ClNO5S. The molecule has 3 rings (SSSR count). The number of sulfone groups is 1. The molecule has 0 fully saturated rings. The van der Waals surface area contributed by atoms with Crippen molar-refractivity contribution in [2.45, 2.75) is 50.7 Å². The Labute approximate surface area is 188 Å². The molecule has 2 aromatic rings. The van der Waals surface area contributed by atoms with Crippen molar-refractivity contribution >= 4 is 38.3 Å². The van der Waals surface area contributed by atoms with Crippen LogP contribution >= 0.6 is 11.6 Å². The number of aliphatic carboxylic acids is 1. The molecule has 8 heteroatoms. The molecule has 31 heavy (non-hydrogen) atoms. The fraction of sp³-hybridized carbons (Fsp3) is 0.348. The molecule has 168 valence electrons. The zero-order valence-corrected chi connectivity index (χ0v) is 19.5. The van der Waals surface area contributed by atoms with Gasteiger partial charge in [0.1, 0.15) is 0 Å². The average molecular weight is 466 g/mol. The minimum Gasteiger partial charge on any atom is -0.481 e. The van der Waals surface area contributed by atoms with Crippen LogP contribution in [0.5, 0.6) is 0 Å². The molecule has 1 unspecified atom stereocenters. The van der Waals surface area contributed by atoms with E-state index < -0.39 is 21.9 Å². The number of benzene rings is 1. The first-order chi connectivity index (χ1) is 14.5. The first-order valence-electron chi connectivity index (χ1n) is 9.87. The standard InChI is InChI=1S/C21H24ClNO3S.C2H4O2/c1-4-15(22)8-5-6-11-23-20-10-7-9-17(20)19-13-16(27(3,25)26)12-18(14(2)24)21(19)23;1-2(3)4/h4-6,8,12-14,24H,1,7,9-11H2,2-3H3;1H3,(H,3,4)/b6-5+,15-8+;. The Morgan fingerprint density at radius 3 is 2.55 bits per heavy atom. The van der Waals surface area contributed by atoms with E-state index in [9.17, 15) is 13.5 Å². The number of carboxylic acids is 1. The van der Waals surface area contributed by atoms with E-state index in [0.29, 0.717) is 17.1 Å². The van der Waals surface area contributed by atoms with Crippen molar-refractivity contribution in [2.75, 3.05) is 6.26 Å². The van der Waals surface area contributed by atoms with Gasteiger partial charge >= 0.3 is 0 Å². The van der Waals surface area contributed by atoms with Crippen LogP contribution in [0.25, 0.3) is 10.9 Å². The first kappa shape index (κ1) is 24.9. The van der Waals surface area contributed by atoms with E-state index in [2.05, 4.69) is 11.1 Å². The highest BCUT2D eigenvalue weighted by atomic mass is 35.5. The van der Waals surface area contributed by atoms with Gasteiger partial charge in [0.15, 0.2) is 9.84 Å². The highest BCUT2D eigenvalue weighted by Crippen LogP contribution is 2.38. The monoisotopic (exact) mass is 465 g/mol. The molecule has 0 aliphatic heterocycles. The van der Waals surface area contributed by atoms with E-state index >= 15 is 0 Å². The van der Waals surface area contributed by atoms with Crippen LogP contribution in [0.1, 0.15) is 43.2 Å². The SMILES string of the molecule is C=C/C(Cl)=C\C=C\Cn1c2c(c3cc(S(C)(=O)=O)cc(C(C)O)c31)CCC2.CC(=O)O. The maximum absolute atomic E-state index is 12.1. The summed E-state index contributed by atoms with van der Waals surface area (Å²) in [6.07, 6.45) is 10.6. The van der Waals surface area contributed by atoms with E-state index in [4.69, 9.17) is 21.5 Å². The van der Waals surface area contributed by atoms with Gasteiger partial charge in [-0.05, 0) is 50.0 Å². The maximum atomic E-state index is 12.1. The van der Waals surface area contributed by atoms with Crippen molar-refractivity contribution in [3.8, 4) is 0 Å². The molecule has 1 heterocycles. The van der Waals surface area contributed by atoms with Gasteiger partial charge < -0.3 is 14.8 Å². The van der Waals surface area contributed by atoms with Gasteiger partial charge in [-0.3, -0.25) is 4.79 Å². The van der Waals surface area contributed by atoms with Crippen LogP contribution in [0, 0.1) is 0 Å². The quantitative estimate of drug-likeness (QED) is 0.610. The van der Waals surface area contributed by atoms with Crippen molar-refractivity contribution in [1.29, 1.82) is 0 Å². The third-order valence-electron chi connectivity index (χ3n) is 4.98. The molecule has 0 amide bonds. The van der Waals surface area contributed by atoms with Gasteiger partial charge in [-0.2, -0.15) is 0 Å². The second kappa shape index (κ2) is 10.3. The smallest absolute Gasteiger partial charge is 0.300 e. The van der Waals surface area contributed by atoms with Crippen molar-refractivity contribution < 1.29 is 23.4 Å². The number of nitrogens with zero attached hydrogens (tertiary/aromatic N) is 1. The topological polar surface area (TPSA) is 96.6 Å². The molecule has 1 atom stereocenters. The van der Waals surface area contributed by atoms with Crippen molar-refractivity contribution in [3.63, 3.8) is 0 Å². The zero-order chi connectivity index (χ0) is 23.3. The molecule has 1 aliphatic rings. The van der Waals surface area contributed by atoms with Gasteiger partial charge in [0.05, 0.1) is 16.5 Å². The first-order valence-corrected chi connectivity index (χ1v) is 12.1. The molecule has 0 saturated carbocycles. The number of fused-ring (bicyclic) bond motifs is 3. The summed E-state index contributed by atoms with van der Waals surface area (Å²) in [5.41, 5.74) is 3.99. The predicted molar refractivity (Wildman–Crippen MR) is 124 cm³/mol. The van der Waals surface area contributed by atoms with Crippen LogP contribution in [0.15, 0.2) is 52.9 Å². The van der Waals surface area contributed by atoms with Crippen LogP contribution < -0.4 is 0 Å². The molecule has 1 aromatic carbocycles. The number of allylic oxidation sites excluding steroid dienone is 5. The summed E-state index contributed by atoms with van der Waals surface area (Å²) in [5.74, 6) is -0.833. The zero-order valence-electron chi connectivity index (χ0n) is 17.9. The molecule has 1 aliphatic carbocycles. The normalized spacial score (nSPS) is 14.9. The van der Waals surface area contributed by atoms with Gasteiger partial charge in [-0.15, -0.1) is 0 Å². The highest BCUT2D eigenvalue weighted by Gasteiger charge is 2.25. The molecule has 0 radical (unpaired) electrons. The van der Waals surface area contributed by atoms with Crippen LogP contribution in [-0.2, 0) is 34.0 Å². The van der Waals surface area contributed by atoms with E-state index in [1.54, 1.807) is 31.2 Å². The number of hydrogen-bond donors (Lipinski definition) is 2. The van der Waals surface area contributed by atoms with Gasteiger partial charge in [-0.1, -0.05) is 36.4 Å². The molecular weight excluding hydrogens is 438 g/mol. The lowest BCUT2D eigenvalue weighted by Crippen LogP contribution is -2.06. The highest BCUT2D eigenvalue weighted by molar-refractivity contribution is 7.90. The van der Waals surface area contributed by atoms with Crippen LogP contribution in [-0.4, -0.2) is 35.4 Å². The predicted octanol–water partition coefficient (Wildman–Crippen LogP) is 4.54. The van der Waals surface area contributed by atoms with E-state index in [-0.39, 0.29) is 4.90 Å². The van der Waals surface area contributed by atoms with Crippen LogP contribution in [0.2, 0.25) is 0 Å². The Balaban J connectivity index is 0.000000785. The number of halogens is 1. The third kappa shape index (κ3) is 6.09. The Kier molecular flexibility index (Phi) is 8.28. The summed E-state index contributed by atoms with van der Waals surface area (Å²) in [7, 11) is -3.36. The Morgan fingerprint density at radius 1 is 1.35 bits per heavy atom. The van der Waals surface area contributed by atoms with E-state index in [1.165, 1.54) is 17.5 Å². The van der Waals surface area contributed by atoms with Gasteiger partial charge in [0.25, 0.3) is 5.97 Å². The number of aliphatic hydroxyl groups is 1. The summed E-state index contributed by atoms with van der Waals surface area (Å²) in [6.45, 7) is 7.00. The fourth-order valence-corrected chi connectivity index (χ4v) is 4.49. The lowest BCUT2D eigenvalue weighted by atomic mass is 10.0. The fourth-order valence-electron chi connectivity index (χ4n) is 3.74. The number of rotatable bonds is 6. The summed E-state index contributed by atoms with van der Waals surface area (Å²) < 4.78 is 26.5. The maximum Gasteiger partial charge on any atom is 0.300 e. The van der Waals surface area contributed by atoms with Gasteiger partial charge in [0, 0.05) is 41.4 Å². The molecule has 0 saturated heterocycles. The lowest BCUT2D eigenvalue weighted by molar-refractivity contribution is -0.134. The summed E-state index contributed by atoms with van der Waals surface area (Å²) in [6, 6.07) is 3.36.